The first kappa shape index (κ1) is 18.7. The molecule has 3 rings (SSSR count). The molecule has 1 aromatic rings. The number of primary amides is 1. The number of carbonyl (C=O) groups is 1. The summed E-state index contributed by atoms with van der Waals surface area (Å²) < 4.78 is 11.5. The molecule has 0 unspecified atom stereocenters. The van der Waals surface area contributed by atoms with Crippen LogP contribution in [0.5, 0.6) is 5.75 Å². The van der Waals surface area contributed by atoms with Crippen molar-refractivity contribution in [3.8, 4) is 11.8 Å². The van der Waals surface area contributed by atoms with E-state index in [2.05, 4.69) is 11.0 Å². The number of hydrogen-bond acceptors (Lipinski definition) is 5. The SMILES string of the molecule is N#Cc1ccc(OCCCN2CCC([C@H]3OCC[C@@H]3C(N)=O)CC2)cc1. The Balaban J connectivity index is 1.34. The molecule has 140 valence electrons. The van der Waals surface area contributed by atoms with Crippen LogP contribution < -0.4 is 10.5 Å². The zero-order valence-electron chi connectivity index (χ0n) is 15.1. The Hall–Kier alpha value is -2.10. The Labute approximate surface area is 154 Å². The van der Waals surface area contributed by atoms with Crippen molar-refractivity contribution in [3.63, 3.8) is 0 Å². The van der Waals surface area contributed by atoms with Crippen LogP contribution in [0.1, 0.15) is 31.2 Å². The summed E-state index contributed by atoms with van der Waals surface area (Å²) in [4.78, 5) is 14.0. The fourth-order valence-electron chi connectivity index (χ4n) is 3.99. The number of nitrogens with zero attached hydrogens (tertiary/aromatic N) is 2. The smallest absolute Gasteiger partial charge is 0.223 e. The lowest BCUT2D eigenvalue weighted by Crippen LogP contribution is -2.42. The first-order valence-corrected chi connectivity index (χ1v) is 9.43. The predicted octanol–water partition coefficient (Wildman–Crippen LogP) is 1.93. The van der Waals surface area contributed by atoms with E-state index in [0.29, 0.717) is 24.7 Å². The third kappa shape index (κ3) is 4.75. The molecule has 2 N–H and O–H groups in total. The van der Waals surface area contributed by atoms with Gasteiger partial charge in [-0.15, -0.1) is 0 Å². The Bertz CT molecular complexity index is 633. The zero-order chi connectivity index (χ0) is 18.4. The van der Waals surface area contributed by atoms with Crippen molar-refractivity contribution >= 4 is 5.91 Å². The summed E-state index contributed by atoms with van der Waals surface area (Å²) in [6.45, 7) is 4.40. The van der Waals surface area contributed by atoms with E-state index in [0.717, 1.165) is 51.1 Å². The lowest BCUT2D eigenvalue weighted by Gasteiger charge is -2.35. The molecule has 6 heteroatoms. The number of piperidine rings is 1. The summed E-state index contributed by atoms with van der Waals surface area (Å²) >= 11 is 0. The second-order valence-electron chi connectivity index (χ2n) is 7.15. The molecule has 0 spiro atoms. The number of nitrogens with two attached hydrogens (primary N) is 1. The Kier molecular flexibility index (Phi) is 6.48. The molecule has 2 saturated heterocycles. The van der Waals surface area contributed by atoms with Gasteiger partial charge in [-0.05, 0) is 69.0 Å². The van der Waals surface area contributed by atoms with Crippen LogP contribution in [0, 0.1) is 23.2 Å². The molecule has 0 aliphatic carbocycles. The maximum absolute atomic E-state index is 11.5. The Morgan fingerprint density at radius 3 is 2.65 bits per heavy atom. The van der Waals surface area contributed by atoms with Crippen molar-refractivity contribution < 1.29 is 14.3 Å². The fourth-order valence-corrected chi connectivity index (χ4v) is 3.99. The molecule has 6 nitrogen and oxygen atoms in total. The van der Waals surface area contributed by atoms with Crippen molar-refractivity contribution in [2.24, 2.45) is 17.6 Å². The highest BCUT2D eigenvalue weighted by Crippen LogP contribution is 2.32. The van der Waals surface area contributed by atoms with E-state index in [1.165, 1.54) is 0 Å². The first-order valence-electron chi connectivity index (χ1n) is 9.43. The third-order valence-electron chi connectivity index (χ3n) is 5.47. The van der Waals surface area contributed by atoms with Gasteiger partial charge in [-0.1, -0.05) is 0 Å². The lowest BCUT2D eigenvalue weighted by atomic mass is 9.84. The van der Waals surface area contributed by atoms with Gasteiger partial charge >= 0.3 is 0 Å². The van der Waals surface area contributed by atoms with Crippen LogP contribution in [0.4, 0.5) is 0 Å². The highest BCUT2D eigenvalue weighted by molar-refractivity contribution is 5.77. The molecule has 1 aromatic carbocycles. The molecular weight excluding hydrogens is 330 g/mol. The summed E-state index contributed by atoms with van der Waals surface area (Å²) in [5, 5.41) is 8.79. The van der Waals surface area contributed by atoms with Gasteiger partial charge in [0.1, 0.15) is 5.75 Å². The minimum absolute atomic E-state index is 0.0226. The van der Waals surface area contributed by atoms with Crippen molar-refractivity contribution in [2.75, 3.05) is 32.8 Å². The van der Waals surface area contributed by atoms with E-state index < -0.39 is 0 Å². The monoisotopic (exact) mass is 357 g/mol. The number of hydrogen-bond donors (Lipinski definition) is 1. The molecule has 2 aliphatic heterocycles. The van der Waals surface area contributed by atoms with Crippen LogP contribution in [0.3, 0.4) is 0 Å². The van der Waals surface area contributed by atoms with Crippen LogP contribution in [-0.4, -0.2) is 49.8 Å². The van der Waals surface area contributed by atoms with E-state index >= 15 is 0 Å². The molecule has 2 atom stereocenters. The zero-order valence-corrected chi connectivity index (χ0v) is 15.1. The predicted molar refractivity (Wildman–Crippen MR) is 97.5 cm³/mol. The standard InChI is InChI=1S/C20H27N3O3/c21-14-15-2-4-17(5-3-15)25-12-1-9-23-10-6-16(7-11-23)19-18(20(22)24)8-13-26-19/h2-5,16,18-19H,1,6-13H2,(H2,22,24)/t18-,19+/m0/s1. The van der Waals surface area contributed by atoms with Gasteiger partial charge in [-0.2, -0.15) is 5.26 Å². The third-order valence-corrected chi connectivity index (χ3v) is 5.47. The summed E-state index contributed by atoms with van der Waals surface area (Å²) in [5.41, 5.74) is 6.15. The molecular formula is C20H27N3O3. The van der Waals surface area contributed by atoms with Crippen molar-refractivity contribution in [1.82, 2.24) is 4.90 Å². The second kappa shape index (κ2) is 9.02. The van der Waals surface area contributed by atoms with Crippen molar-refractivity contribution in [3.05, 3.63) is 29.8 Å². The van der Waals surface area contributed by atoms with Crippen LogP contribution in [0.15, 0.2) is 24.3 Å². The van der Waals surface area contributed by atoms with Gasteiger partial charge in [0, 0.05) is 13.2 Å². The maximum Gasteiger partial charge on any atom is 0.223 e. The van der Waals surface area contributed by atoms with E-state index in [4.69, 9.17) is 20.5 Å². The second-order valence-corrected chi connectivity index (χ2v) is 7.15. The van der Waals surface area contributed by atoms with E-state index in [9.17, 15) is 4.79 Å². The molecule has 2 aliphatic rings. The van der Waals surface area contributed by atoms with Crippen LogP contribution in [0.2, 0.25) is 0 Å². The molecule has 0 saturated carbocycles. The summed E-state index contributed by atoms with van der Waals surface area (Å²) in [6, 6.07) is 9.31. The van der Waals surface area contributed by atoms with Gasteiger partial charge in [-0.25, -0.2) is 0 Å². The maximum atomic E-state index is 11.5. The quantitative estimate of drug-likeness (QED) is 0.753. The van der Waals surface area contributed by atoms with Gasteiger partial charge in [-0.3, -0.25) is 4.79 Å². The van der Waals surface area contributed by atoms with Gasteiger partial charge in [0.05, 0.1) is 30.3 Å². The average Bonchev–Trinajstić information content (AvgIpc) is 3.16. The highest BCUT2D eigenvalue weighted by Gasteiger charge is 2.39. The largest absolute Gasteiger partial charge is 0.494 e. The first-order chi connectivity index (χ1) is 12.7. The number of likely N-dealkylation sites (tertiary alicyclic amines) is 1. The van der Waals surface area contributed by atoms with Gasteiger partial charge in [0.25, 0.3) is 0 Å². The summed E-state index contributed by atoms with van der Waals surface area (Å²) in [6.07, 6.45) is 3.88. The minimum atomic E-state index is -0.213. The van der Waals surface area contributed by atoms with Crippen LogP contribution >= 0.6 is 0 Å². The lowest BCUT2D eigenvalue weighted by molar-refractivity contribution is -0.124. The average molecular weight is 357 g/mol. The molecule has 0 bridgehead atoms. The summed E-state index contributed by atoms with van der Waals surface area (Å²) in [7, 11) is 0. The van der Waals surface area contributed by atoms with Crippen molar-refractivity contribution in [2.45, 2.75) is 31.8 Å². The number of benzene rings is 1. The molecule has 0 aromatic heterocycles. The molecule has 1 amide bonds. The van der Waals surface area contributed by atoms with E-state index in [1.54, 1.807) is 12.1 Å². The number of amides is 1. The number of rotatable bonds is 7. The van der Waals surface area contributed by atoms with Crippen LogP contribution in [0.25, 0.3) is 0 Å². The van der Waals surface area contributed by atoms with Crippen molar-refractivity contribution in [1.29, 1.82) is 5.26 Å². The topological polar surface area (TPSA) is 88.6 Å². The van der Waals surface area contributed by atoms with Gasteiger partial charge < -0.3 is 20.1 Å². The number of nitriles is 1. The van der Waals surface area contributed by atoms with Gasteiger partial charge in [0.15, 0.2) is 0 Å². The Morgan fingerprint density at radius 2 is 2.00 bits per heavy atom. The number of carbonyl (C=O) groups excluding carboxylic acids is 1. The van der Waals surface area contributed by atoms with Crippen LogP contribution in [-0.2, 0) is 9.53 Å². The van der Waals surface area contributed by atoms with E-state index in [1.807, 2.05) is 12.1 Å². The van der Waals surface area contributed by atoms with Gasteiger partial charge in [0.2, 0.25) is 5.91 Å². The molecule has 0 radical (unpaired) electrons. The summed E-state index contributed by atoms with van der Waals surface area (Å²) in [5.74, 6) is 0.932. The molecule has 2 fully saturated rings. The molecule has 26 heavy (non-hydrogen) atoms. The Morgan fingerprint density at radius 1 is 1.27 bits per heavy atom. The normalized spacial score (nSPS) is 24.3. The van der Waals surface area contributed by atoms with E-state index in [-0.39, 0.29) is 17.9 Å². The highest BCUT2D eigenvalue weighted by atomic mass is 16.5. The number of ether oxygens (including phenoxy) is 2. The fraction of sp³-hybridized carbons (Fsp3) is 0.600. The minimum Gasteiger partial charge on any atom is -0.494 e. The molecule has 2 heterocycles.